The molecule has 2 N–H and O–H groups in total. The van der Waals surface area contributed by atoms with Gasteiger partial charge in [-0.3, -0.25) is 0 Å². The van der Waals surface area contributed by atoms with Gasteiger partial charge in [0.25, 0.3) is 0 Å². The summed E-state index contributed by atoms with van der Waals surface area (Å²) < 4.78 is 5.59. The first kappa shape index (κ1) is 16.1. The molecule has 0 spiro atoms. The first-order chi connectivity index (χ1) is 11.2. The van der Waals surface area contributed by atoms with Crippen molar-refractivity contribution in [1.82, 2.24) is 15.6 Å². The van der Waals surface area contributed by atoms with Crippen LogP contribution in [0.15, 0.2) is 18.3 Å². The number of carbonyl (C=O) groups excluding carboxylic acids is 1. The van der Waals surface area contributed by atoms with Crippen molar-refractivity contribution >= 4 is 11.8 Å². The zero-order valence-electron chi connectivity index (χ0n) is 13.8. The van der Waals surface area contributed by atoms with Gasteiger partial charge in [-0.2, -0.15) is 0 Å². The minimum absolute atomic E-state index is 0.0371. The Bertz CT molecular complexity index is 525. The normalized spacial score (nSPS) is 22.1. The minimum Gasteiger partial charge on any atom is -0.376 e. The first-order valence-corrected chi connectivity index (χ1v) is 8.58. The number of nitrogens with one attached hydrogen (secondary N) is 2. The molecular formula is C17H26N4O2. The number of urea groups is 1. The highest BCUT2D eigenvalue weighted by molar-refractivity contribution is 5.74. The van der Waals surface area contributed by atoms with Crippen LogP contribution in [0.1, 0.15) is 38.2 Å². The first-order valence-electron chi connectivity index (χ1n) is 8.58. The molecule has 0 radical (unpaired) electrons. The Morgan fingerprint density at radius 3 is 3.00 bits per heavy atom. The molecule has 2 aliphatic heterocycles. The summed E-state index contributed by atoms with van der Waals surface area (Å²) in [6.07, 6.45) is 6.52. The van der Waals surface area contributed by atoms with Crippen molar-refractivity contribution in [3.8, 4) is 0 Å². The molecule has 2 saturated heterocycles. The largest absolute Gasteiger partial charge is 0.376 e. The van der Waals surface area contributed by atoms with Gasteiger partial charge in [0.15, 0.2) is 0 Å². The number of anilines is 1. The predicted octanol–water partition coefficient (Wildman–Crippen LogP) is 2.05. The fraction of sp³-hybridized carbons (Fsp3) is 0.647. The van der Waals surface area contributed by atoms with Crippen molar-refractivity contribution in [3.05, 3.63) is 23.9 Å². The van der Waals surface area contributed by atoms with Gasteiger partial charge in [-0.1, -0.05) is 0 Å². The summed E-state index contributed by atoms with van der Waals surface area (Å²) >= 11 is 0. The van der Waals surface area contributed by atoms with Crippen molar-refractivity contribution < 1.29 is 9.53 Å². The molecule has 2 aliphatic rings. The van der Waals surface area contributed by atoms with Crippen molar-refractivity contribution in [2.45, 2.75) is 51.3 Å². The zero-order chi connectivity index (χ0) is 16.1. The van der Waals surface area contributed by atoms with Crippen molar-refractivity contribution in [2.75, 3.05) is 24.6 Å². The van der Waals surface area contributed by atoms with E-state index in [1.807, 2.05) is 19.2 Å². The second-order valence-corrected chi connectivity index (χ2v) is 6.38. The van der Waals surface area contributed by atoms with E-state index in [9.17, 15) is 4.79 Å². The lowest BCUT2D eigenvalue weighted by Crippen LogP contribution is -2.45. The topological polar surface area (TPSA) is 66.5 Å². The third kappa shape index (κ3) is 4.34. The second-order valence-electron chi connectivity index (χ2n) is 6.38. The van der Waals surface area contributed by atoms with Crippen LogP contribution in [0, 0.1) is 0 Å². The predicted molar refractivity (Wildman–Crippen MR) is 89.5 cm³/mol. The molecule has 0 aliphatic carbocycles. The van der Waals surface area contributed by atoms with E-state index in [1.165, 1.54) is 12.8 Å². The van der Waals surface area contributed by atoms with Gasteiger partial charge in [-0.25, -0.2) is 9.78 Å². The molecule has 3 rings (SSSR count). The molecule has 126 valence electrons. The van der Waals surface area contributed by atoms with E-state index in [1.54, 1.807) is 0 Å². The van der Waals surface area contributed by atoms with Gasteiger partial charge >= 0.3 is 6.03 Å². The van der Waals surface area contributed by atoms with E-state index in [2.05, 4.69) is 26.6 Å². The number of amides is 2. The van der Waals surface area contributed by atoms with Gasteiger partial charge < -0.3 is 20.3 Å². The summed E-state index contributed by atoms with van der Waals surface area (Å²) in [6.45, 7) is 5.45. The van der Waals surface area contributed by atoms with Crippen LogP contribution >= 0.6 is 0 Å². The Morgan fingerprint density at radius 1 is 1.43 bits per heavy atom. The monoisotopic (exact) mass is 318 g/mol. The number of hydrogen-bond acceptors (Lipinski definition) is 4. The summed E-state index contributed by atoms with van der Waals surface area (Å²) in [5.74, 6) is 1.01. The lowest BCUT2D eigenvalue weighted by Gasteiger charge is -2.20. The fourth-order valence-corrected chi connectivity index (χ4v) is 3.22. The van der Waals surface area contributed by atoms with Crippen LogP contribution < -0.4 is 15.5 Å². The highest BCUT2D eigenvalue weighted by Gasteiger charge is 2.23. The van der Waals surface area contributed by atoms with E-state index >= 15 is 0 Å². The average Bonchev–Trinajstić information content (AvgIpc) is 3.26. The molecule has 1 aromatic heterocycles. The number of nitrogens with zero attached hydrogens (tertiary/aromatic N) is 2. The number of carbonyl (C=O) groups is 1. The molecule has 2 fully saturated rings. The molecule has 0 aromatic carbocycles. The molecule has 1 aromatic rings. The van der Waals surface area contributed by atoms with Crippen LogP contribution in [0.4, 0.5) is 10.6 Å². The maximum Gasteiger partial charge on any atom is 0.315 e. The van der Waals surface area contributed by atoms with Crippen molar-refractivity contribution in [1.29, 1.82) is 0 Å². The van der Waals surface area contributed by atoms with Crippen LogP contribution in [-0.4, -0.2) is 42.9 Å². The summed E-state index contributed by atoms with van der Waals surface area (Å²) in [5, 5.41) is 5.88. The van der Waals surface area contributed by atoms with Crippen LogP contribution in [-0.2, 0) is 11.3 Å². The standard InChI is InChI=1S/C17H26N4O2/c1-13(15-5-4-10-23-15)20-17(22)19-12-14-6-7-18-16(11-14)21-8-2-3-9-21/h6-7,11,13,15H,2-5,8-10,12H2,1H3,(H2,19,20,22)/t13-,15+/m0/s1. The van der Waals surface area contributed by atoms with Crippen LogP contribution in [0.25, 0.3) is 0 Å². The van der Waals surface area contributed by atoms with E-state index in [0.717, 1.165) is 43.9 Å². The summed E-state index contributed by atoms with van der Waals surface area (Å²) in [6, 6.07) is 3.90. The Hall–Kier alpha value is -1.82. The van der Waals surface area contributed by atoms with Crippen LogP contribution in [0.3, 0.4) is 0 Å². The van der Waals surface area contributed by atoms with Crippen molar-refractivity contribution in [2.24, 2.45) is 0 Å². The molecule has 6 heteroatoms. The smallest absolute Gasteiger partial charge is 0.315 e. The lowest BCUT2D eigenvalue weighted by molar-refractivity contribution is 0.0860. The van der Waals surface area contributed by atoms with E-state index in [0.29, 0.717) is 6.54 Å². The number of aromatic nitrogens is 1. The lowest BCUT2D eigenvalue weighted by atomic mass is 10.1. The molecule has 23 heavy (non-hydrogen) atoms. The molecular weight excluding hydrogens is 292 g/mol. The Morgan fingerprint density at radius 2 is 2.26 bits per heavy atom. The molecule has 2 amide bonds. The zero-order valence-corrected chi connectivity index (χ0v) is 13.8. The number of hydrogen-bond donors (Lipinski definition) is 2. The molecule has 2 atom stereocenters. The SMILES string of the molecule is C[C@H](NC(=O)NCc1ccnc(N2CCCC2)c1)[C@H]1CCCO1. The number of pyridine rings is 1. The summed E-state index contributed by atoms with van der Waals surface area (Å²) in [5.41, 5.74) is 1.07. The van der Waals surface area contributed by atoms with Crippen LogP contribution in [0.2, 0.25) is 0 Å². The molecule has 3 heterocycles. The average molecular weight is 318 g/mol. The van der Waals surface area contributed by atoms with E-state index in [4.69, 9.17) is 4.74 Å². The third-order valence-corrected chi connectivity index (χ3v) is 4.57. The Kier molecular flexibility index (Phi) is 5.33. The summed E-state index contributed by atoms with van der Waals surface area (Å²) in [4.78, 5) is 18.7. The quantitative estimate of drug-likeness (QED) is 0.872. The van der Waals surface area contributed by atoms with Gasteiger partial charge in [0.2, 0.25) is 0 Å². The molecule has 0 bridgehead atoms. The van der Waals surface area contributed by atoms with Crippen LogP contribution in [0.5, 0.6) is 0 Å². The van der Waals surface area contributed by atoms with E-state index in [-0.39, 0.29) is 18.2 Å². The minimum atomic E-state index is -0.146. The Labute approximate surface area is 137 Å². The molecule has 0 saturated carbocycles. The van der Waals surface area contributed by atoms with Gasteiger partial charge in [-0.05, 0) is 50.3 Å². The second kappa shape index (κ2) is 7.64. The third-order valence-electron chi connectivity index (χ3n) is 4.57. The summed E-state index contributed by atoms with van der Waals surface area (Å²) in [7, 11) is 0. The maximum atomic E-state index is 12.0. The number of ether oxygens (including phenoxy) is 1. The van der Waals surface area contributed by atoms with Gasteiger partial charge in [0.05, 0.1) is 12.1 Å². The molecule has 6 nitrogen and oxygen atoms in total. The maximum absolute atomic E-state index is 12.0. The highest BCUT2D eigenvalue weighted by atomic mass is 16.5. The van der Waals surface area contributed by atoms with Gasteiger partial charge in [0, 0.05) is 32.4 Å². The van der Waals surface area contributed by atoms with E-state index < -0.39 is 0 Å². The van der Waals surface area contributed by atoms with Crippen molar-refractivity contribution in [3.63, 3.8) is 0 Å². The number of rotatable bonds is 5. The highest BCUT2D eigenvalue weighted by Crippen LogP contribution is 2.18. The Balaban J connectivity index is 1.47. The fourth-order valence-electron chi connectivity index (χ4n) is 3.22. The molecule has 0 unspecified atom stereocenters. The van der Waals surface area contributed by atoms with Gasteiger partial charge in [0.1, 0.15) is 5.82 Å². The van der Waals surface area contributed by atoms with Gasteiger partial charge in [-0.15, -0.1) is 0 Å².